The van der Waals surface area contributed by atoms with Gasteiger partial charge in [0.05, 0.1) is 21.7 Å². The van der Waals surface area contributed by atoms with Crippen LogP contribution in [0.5, 0.6) is 5.88 Å². The number of nitrogen functional groups attached to an aromatic ring is 1. The molecule has 4 atom stereocenters. The summed E-state index contributed by atoms with van der Waals surface area (Å²) in [5, 5.41) is 3.71. The molecule has 0 saturated heterocycles. The van der Waals surface area contributed by atoms with Crippen molar-refractivity contribution in [2.75, 3.05) is 5.73 Å². The van der Waals surface area contributed by atoms with E-state index in [2.05, 4.69) is 10.3 Å². The van der Waals surface area contributed by atoms with Crippen molar-refractivity contribution in [3.63, 3.8) is 0 Å². The van der Waals surface area contributed by atoms with Gasteiger partial charge in [0, 0.05) is 46.5 Å². The minimum absolute atomic E-state index is 0.0484. The van der Waals surface area contributed by atoms with Crippen LogP contribution in [0.3, 0.4) is 0 Å². The normalized spacial score (nSPS) is 25.5. The van der Waals surface area contributed by atoms with Crippen molar-refractivity contribution in [1.29, 1.82) is 0 Å². The van der Waals surface area contributed by atoms with Crippen molar-refractivity contribution >= 4 is 38.8 Å². The molecule has 2 aromatic heterocycles. The van der Waals surface area contributed by atoms with E-state index in [-0.39, 0.29) is 24.1 Å². The number of rotatable bonds is 5. The minimum atomic E-state index is -1.56. The lowest BCUT2D eigenvalue weighted by molar-refractivity contribution is -0.124. The third-order valence-corrected chi connectivity index (χ3v) is 8.53. The first-order valence-corrected chi connectivity index (χ1v) is 13.0. The zero-order valence-electron chi connectivity index (χ0n) is 20.6. The number of pyridine rings is 1. The minimum Gasteiger partial charge on any atom is -0.475 e. The van der Waals surface area contributed by atoms with Gasteiger partial charge < -0.3 is 33.0 Å². The number of carbonyl (C=O) groups excluding carboxylic acids is 2. The molecule has 0 aliphatic heterocycles. The van der Waals surface area contributed by atoms with Gasteiger partial charge in [0.15, 0.2) is 5.78 Å². The lowest BCUT2D eigenvalue weighted by Gasteiger charge is -2.37. The van der Waals surface area contributed by atoms with E-state index in [0.29, 0.717) is 43.2 Å². The molecule has 0 spiro atoms. The number of nitrogens with two attached hydrogens (primary N) is 4. The highest BCUT2D eigenvalue weighted by molar-refractivity contribution is 7.21. The summed E-state index contributed by atoms with van der Waals surface area (Å²) in [5.41, 5.74) is 27.3. The number of benzene rings is 1. The van der Waals surface area contributed by atoms with Gasteiger partial charge in [0.1, 0.15) is 5.54 Å². The standard InChI is InChI=1S/C26H32N6O3S/c1-11(2)35-18-9-12(3)14(10-31-18)26(30)13-7-8-16(28)22-19(13)20(21(29)24(26)33)23(36-22)25(34)32-17-6-4-5-15(17)27/h7-11,15,17,21H,4-6,27-30H2,1-3H3,(H,32,34)/t15-,17+,21?,26?/m0/s1. The van der Waals surface area contributed by atoms with Crippen molar-refractivity contribution in [1.82, 2.24) is 10.3 Å². The molecule has 2 aliphatic rings. The lowest BCUT2D eigenvalue weighted by Crippen LogP contribution is -2.53. The molecule has 9 nitrogen and oxygen atoms in total. The van der Waals surface area contributed by atoms with Gasteiger partial charge in [0.2, 0.25) is 5.88 Å². The zero-order chi connectivity index (χ0) is 25.9. The van der Waals surface area contributed by atoms with Gasteiger partial charge in [-0.1, -0.05) is 6.07 Å². The molecular formula is C26H32N6O3S. The fourth-order valence-corrected chi connectivity index (χ4v) is 6.68. The topological polar surface area (TPSA) is 172 Å². The van der Waals surface area contributed by atoms with Crippen molar-refractivity contribution < 1.29 is 14.3 Å². The number of ketones is 1. The molecule has 10 heteroatoms. The molecule has 190 valence electrons. The number of thiophene rings is 1. The number of carbonyl (C=O) groups is 2. The maximum Gasteiger partial charge on any atom is 0.262 e. The van der Waals surface area contributed by atoms with Crippen LogP contribution in [0.1, 0.15) is 71.1 Å². The molecule has 5 rings (SSSR count). The Morgan fingerprint density at radius 1 is 1.25 bits per heavy atom. The zero-order valence-corrected chi connectivity index (χ0v) is 21.4. The Bertz CT molecular complexity index is 1390. The van der Waals surface area contributed by atoms with Crippen LogP contribution in [0.2, 0.25) is 0 Å². The smallest absolute Gasteiger partial charge is 0.262 e. The summed E-state index contributed by atoms with van der Waals surface area (Å²) in [6.07, 6.45) is 4.17. The summed E-state index contributed by atoms with van der Waals surface area (Å²) >= 11 is 1.24. The van der Waals surface area contributed by atoms with Crippen LogP contribution < -0.4 is 33.0 Å². The number of hydrogen-bond donors (Lipinski definition) is 5. The van der Waals surface area contributed by atoms with Crippen molar-refractivity contribution in [3.05, 3.63) is 51.5 Å². The Morgan fingerprint density at radius 2 is 2.00 bits per heavy atom. The Morgan fingerprint density at radius 3 is 2.64 bits per heavy atom. The first-order valence-electron chi connectivity index (χ1n) is 12.2. The molecule has 9 N–H and O–H groups in total. The second-order valence-electron chi connectivity index (χ2n) is 10.1. The lowest BCUT2D eigenvalue weighted by atomic mass is 9.70. The molecule has 1 amide bonds. The predicted molar refractivity (Wildman–Crippen MR) is 141 cm³/mol. The van der Waals surface area contributed by atoms with Gasteiger partial charge in [-0.2, -0.15) is 0 Å². The second kappa shape index (κ2) is 8.81. The van der Waals surface area contributed by atoms with E-state index in [4.69, 9.17) is 27.7 Å². The first-order chi connectivity index (χ1) is 17.0. The third kappa shape index (κ3) is 3.67. The number of nitrogens with zero attached hydrogens (tertiary/aromatic N) is 1. The van der Waals surface area contributed by atoms with Crippen LogP contribution in [-0.4, -0.2) is 34.9 Å². The molecule has 2 heterocycles. The van der Waals surface area contributed by atoms with Crippen LogP contribution >= 0.6 is 11.3 Å². The Labute approximate surface area is 213 Å². The summed E-state index contributed by atoms with van der Waals surface area (Å²) in [4.78, 5) is 32.1. The van der Waals surface area contributed by atoms with Crippen molar-refractivity contribution in [2.24, 2.45) is 17.2 Å². The van der Waals surface area contributed by atoms with E-state index in [0.717, 1.165) is 24.8 Å². The highest BCUT2D eigenvalue weighted by atomic mass is 32.1. The SMILES string of the molecule is Cc1cc(OC(C)C)ncc1C1(N)C(=O)C(N)c2c(C(=O)N[C@@H]3CCC[C@@H]3N)sc3c(N)ccc1c23. The monoisotopic (exact) mass is 508 g/mol. The summed E-state index contributed by atoms with van der Waals surface area (Å²) in [7, 11) is 0. The number of aryl methyl sites for hydroxylation is 1. The molecule has 3 aromatic rings. The Balaban J connectivity index is 1.67. The summed E-state index contributed by atoms with van der Waals surface area (Å²) in [6.45, 7) is 5.69. The molecule has 2 aliphatic carbocycles. The van der Waals surface area contributed by atoms with E-state index in [1.165, 1.54) is 11.3 Å². The van der Waals surface area contributed by atoms with Gasteiger partial charge in [0.25, 0.3) is 5.91 Å². The Kier molecular flexibility index (Phi) is 6.03. The summed E-state index contributed by atoms with van der Waals surface area (Å²) in [6, 6.07) is 3.93. The van der Waals surface area contributed by atoms with Crippen LogP contribution in [0.4, 0.5) is 5.69 Å². The van der Waals surface area contributed by atoms with Crippen molar-refractivity contribution in [3.8, 4) is 5.88 Å². The number of nitrogens with one attached hydrogen (secondary N) is 1. The quantitative estimate of drug-likeness (QED) is 0.327. The summed E-state index contributed by atoms with van der Waals surface area (Å²) in [5.74, 6) is -0.251. The first kappa shape index (κ1) is 24.6. The van der Waals surface area contributed by atoms with E-state index in [1.807, 2.05) is 20.8 Å². The number of hydrogen-bond acceptors (Lipinski definition) is 9. The second-order valence-corrected chi connectivity index (χ2v) is 11.1. The van der Waals surface area contributed by atoms with Gasteiger partial charge in [-0.3, -0.25) is 9.59 Å². The molecule has 0 bridgehead atoms. The Hall–Kier alpha value is -3.05. The molecular weight excluding hydrogens is 476 g/mol. The average Bonchev–Trinajstić information content (AvgIpc) is 3.41. The highest BCUT2D eigenvalue weighted by Crippen LogP contribution is 2.50. The fourth-order valence-electron chi connectivity index (χ4n) is 5.48. The van der Waals surface area contributed by atoms with Crippen LogP contribution in [0.25, 0.3) is 10.1 Å². The molecule has 0 radical (unpaired) electrons. The van der Waals surface area contributed by atoms with E-state index < -0.39 is 17.4 Å². The largest absolute Gasteiger partial charge is 0.475 e. The predicted octanol–water partition coefficient (Wildman–Crippen LogP) is 2.37. The number of Topliss-reactive ketones (excluding diaryl/α,β-unsaturated/α-hetero) is 1. The molecule has 1 fully saturated rings. The highest BCUT2D eigenvalue weighted by Gasteiger charge is 2.49. The van der Waals surface area contributed by atoms with Gasteiger partial charge in [-0.05, 0) is 57.2 Å². The van der Waals surface area contributed by atoms with Gasteiger partial charge in [-0.25, -0.2) is 4.98 Å². The maximum absolute atomic E-state index is 13.9. The van der Waals surface area contributed by atoms with Gasteiger partial charge >= 0.3 is 0 Å². The van der Waals surface area contributed by atoms with Crippen LogP contribution in [0.15, 0.2) is 24.4 Å². The average molecular weight is 509 g/mol. The van der Waals surface area contributed by atoms with Crippen LogP contribution in [0, 0.1) is 6.92 Å². The van der Waals surface area contributed by atoms with Gasteiger partial charge in [-0.15, -0.1) is 11.3 Å². The number of anilines is 1. The molecule has 1 aromatic carbocycles. The number of aromatic nitrogens is 1. The number of amides is 1. The van der Waals surface area contributed by atoms with E-state index >= 15 is 0 Å². The molecule has 36 heavy (non-hydrogen) atoms. The van der Waals surface area contributed by atoms with E-state index in [1.54, 1.807) is 24.4 Å². The summed E-state index contributed by atoms with van der Waals surface area (Å²) < 4.78 is 6.40. The fraction of sp³-hybridized carbons (Fsp3) is 0.423. The maximum atomic E-state index is 13.9. The molecule has 1 saturated carbocycles. The van der Waals surface area contributed by atoms with Crippen molar-refractivity contribution in [2.45, 2.75) is 69.8 Å². The van der Waals surface area contributed by atoms with Crippen LogP contribution in [-0.2, 0) is 10.3 Å². The number of ether oxygens (including phenoxy) is 1. The molecule has 2 unspecified atom stereocenters. The van der Waals surface area contributed by atoms with E-state index in [9.17, 15) is 9.59 Å². The third-order valence-electron chi connectivity index (χ3n) is 7.27.